The number of hydrogen-bond donors (Lipinski definition) is 1. The van der Waals surface area contributed by atoms with Crippen LogP contribution >= 0.6 is 0 Å². The minimum absolute atomic E-state index is 0.162. The summed E-state index contributed by atoms with van der Waals surface area (Å²) in [5, 5.41) is 3.82. The van der Waals surface area contributed by atoms with Crippen molar-refractivity contribution < 1.29 is 9.32 Å². The second-order valence-corrected chi connectivity index (χ2v) is 6.64. The second kappa shape index (κ2) is 3.37. The molecule has 96 valence electrons. The third-order valence-corrected chi connectivity index (χ3v) is 5.32. The van der Waals surface area contributed by atoms with Crippen LogP contribution in [-0.2, 0) is 5.41 Å². The number of hydrogen-bond acceptors (Lipinski definition) is 3. The number of amides is 1. The molecule has 1 amide bonds. The monoisotopic (exact) mass is 246 g/mol. The van der Waals surface area contributed by atoms with E-state index in [0.29, 0.717) is 0 Å². The van der Waals surface area contributed by atoms with Crippen molar-refractivity contribution in [3.05, 3.63) is 17.5 Å². The summed E-state index contributed by atoms with van der Waals surface area (Å²) in [6.07, 6.45) is 7.84. The molecule has 0 spiro atoms. The highest BCUT2D eigenvalue weighted by Gasteiger charge is 2.53. The summed E-state index contributed by atoms with van der Waals surface area (Å²) in [5.41, 5.74) is 5.70. The molecule has 18 heavy (non-hydrogen) atoms. The molecule has 1 aromatic rings. The topological polar surface area (TPSA) is 69.1 Å². The van der Waals surface area contributed by atoms with Crippen molar-refractivity contribution in [1.29, 1.82) is 0 Å². The van der Waals surface area contributed by atoms with E-state index in [4.69, 9.17) is 10.3 Å². The van der Waals surface area contributed by atoms with Crippen molar-refractivity contribution in [2.75, 3.05) is 0 Å². The molecule has 5 rings (SSSR count). The van der Waals surface area contributed by atoms with Gasteiger partial charge in [-0.2, -0.15) is 0 Å². The summed E-state index contributed by atoms with van der Waals surface area (Å²) in [7, 11) is 0. The van der Waals surface area contributed by atoms with Crippen molar-refractivity contribution >= 4 is 5.91 Å². The van der Waals surface area contributed by atoms with E-state index in [1.54, 1.807) is 6.07 Å². The molecular formula is C14H18N2O2. The molecule has 4 bridgehead atoms. The molecule has 4 aliphatic rings. The van der Waals surface area contributed by atoms with Gasteiger partial charge in [0.05, 0.1) is 0 Å². The Morgan fingerprint density at radius 2 is 1.78 bits per heavy atom. The fraction of sp³-hybridized carbons (Fsp3) is 0.714. The van der Waals surface area contributed by atoms with Gasteiger partial charge in [-0.05, 0) is 56.3 Å². The van der Waals surface area contributed by atoms with Crippen molar-refractivity contribution in [2.24, 2.45) is 23.5 Å². The lowest BCUT2D eigenvalue weighted by Gasteiger charge is -2.55. The Kier molecular flexibility index (Phi) is 1.98. The van der Waals surface area contributed by atoms with Gasteiger partial charge in [-0.1, -0.05) is 5.16 Å². The number of rotatable bonds is 2. The van der Waals surface area contributed by atoms with Crippen LogP contribution in [-0.4, -0.2) is 11.1 Å². The van der Waals surface area contributed by atoms with Crippen molar-refractivity contribution in [2.45, 2.75) is 43.9 Å². The molecule has 0 unspecified atom stereocenters. The fourth-order valence-electron chi connectivity index (χ4n) is 5.05. The van der Waals surface area contributed by atoms with E-state index in [2.05, 4.69) is 5.16 Å². The molecule has 0 atom stereocenters. The number of nitrogens with two attached hydrogens (primary N) is 1. The molecule has 0 saturated heterocycles. The Hall–Kier alpha value is -1.32. The van der Waals surface area contributed by atoms with Crippen LogP contribution < -0.4 is 5.73 Å². The quantitative estimate of drug-likeness (QED) is 0.870. The predicted molar refractivity (Wildman–Crippen MR) is 64.9 cm³/mol. The van der Waals surface area contributed by atoms with Gasteiger partial charge in [-0.3, -0.25) is 4.79 Å². The third kappa shape index (κ3) is 1.38. The van der Waals surface area contributed by atoms with E-state index in [1.165, 1.54) is 38.5 Å². The molecule has 2 N–H and O–H groups in total. The summed E-state index contributed by atoms with van der Waals surface area (Å²) in [6.45, 7) is 0. The molecular weight excluding hydrogens is 228 g/mol. The van der Waals surface area contributed by atoms with Gasteiger partial charge in [0.25, 0.3) is 5.91 Å². The van der Waals surface area contributed by atoms with Gasteiger partial charge in [0.1, 0.15) is 5.76 Å². The zero-order chi connectivity index (χ0) is 12.3. The zero-order valence-electron chi connectivity index (χ0n) is 10.4. The molecule has 4 fully saturated rings. The standard InChI is InChI=1S/C14H18N2O2/c15-13(17)11-4-12(18-16-11)14-5-8-1-9(6-14)3-10(2-8)7-14/h4,8-10H,1-3,5-7H2,(H2,15,17). The largest absolute Gasteiger partial charge is 0.364 e. The van der Waals surface area contributed by atoms with E-state index in [1.807, 2.05) is 0 Å². The Labute approximate surface area is 106 Å². The predicted octanol–water partition coefficient (Wildman–Crippen LogP) is 2.24. The summed E-state index contributed by atoms with van der Waals surface area (Å²) in [4.78, 5) is 11.1. The van der Waals surface area contributed by atoms with Crippen LogP contribution in [0.2, 0.25) is 0 Å². The average molecular weight is 246 g/mol. The Balaban J connectivity index is 1.72. The van der Waals surface area contributed by atoms with Crippen LogP contribution in [0.3, 0.4) is 0 Å². The van der Waals surface area contributed by atoms with Gasteiger partial charge in [-0.15, -0.1) is 0 Å². The van der Waals surface area contributed by atoms with E-state index >= 15 is 0 Å². The number of primary amides is 1. The van der Waals surface area contributed by atoms with Crippen LogP contribution in [0, 0.1) is 17.8 Å². The van der Waals surface area contributed by atoms with Crippen molar-refractivity contribution in [3.63, 3.8) is 0 Å². The Morgan fingerprint density at radius 1 is 1.22 bits per heavy atom. The van der Waals surface area contributed by atoms with Gasteiger partial charge in [0, 0.05) is 11.5 Å². The van der Waals surface area contributed by atoms with E-state index < -0.39 is 5.91 Å². The van der Waals surface area contributed by atoms with Crippen molar-refractivity contribution in [3.8, 4) is 0 Å². The minimum Gasteiger partial charge on any atom is -0.364 e. The molecule has 4 nitrogen and oxygen atoms in total. The highest BCUT2D eigenvalue weighted by molar-refractivity contribution is 5.90. The highest BCUT2D eigenvalue weighted by Crippen LogP contribution is 2.60. The van der Waals surface area contributed by atoms with Gasteiger partial charge in [0.2, 0.25) is 0 Å². The first-order valence-electron chi connectivity index (χ1n) is 6.92. The maximum absolute atomic E-state index is 11.1. The minimum atomic E-state index is -0.491. The van der Waals surface area contributed by atoms with E-state index in [9.17, 15) is 4.79 Å². The maximum atomic E-state index is 11.1. The van der Waals surface area contributed by atoms with Crippen LogP contribution in [0.25, 0.3) is 0 Å². The van der Waals surface area contributed by atoms with E-state index in [-0.39, 0.29) is 11.1 Å². The van der Waals surface area contributed by atoms with Crippen LogP contribution in [0.5, 0.6) is 0 Å². The number of carbonyl (C=O) groups excluding carboxylic acids is 1. The van der Waals surface area contributed by atoms with Crippen LogP contribution in [0.15, 0.2) is 10.6 Å². The summed E-state index contributed by atoms with van der Waals surface area (Å²) >= 11 is 0. The molecule has 4 saturated carbocycles. The number of aromatic nitrogens is 1. The number of nitrogens with zero attached hydrogens (tertiary/aromatic N) is 1. The van der Waals surface area contributed by atoms with Gasteiger partial charge in [-0.25, -0.2) is 0 Å². The summed E-state index contributed by atoms with van der Waals surface area (Å²) in [6, 6.07) is 1.79. The maximum Gasteiger partial charge on any atom is 0.270 e. The molecule has 0 radical (unpaired) electrons. The van der Waals surface area contributed by atoms with Crippen molar-refractivity contribution in [1.82, 2.24) is 5.16 Å². The first kappa shape index (κ1) is 10.6. The SMILES string of the molecule is NC(=O)c1cc(C23CC4CC(CC(C4)C2)C3)on1. The van der Waals surface area contributed by atoms with E-state index in [0.717, 1.165) is 23.5 Å². The van der Waals surface area contributed by atoms with Gasteiger partial charge in [0.15, 0.2) is 5.69 Å². The average Bonchev–Trinajstić information content (AvgIpc) is 2.76. The normalized spacial score (nSPS) is 41.2. The Bertz CT molecular complexity index is 470. The first-order valence-corrected chi connectivity index (χ1v) is 6.92. The molecule has 0 aromatic carbocycles. The Morgan fingerprint density at radius 3 is 2.22 bits per heavy atom. The third-order valence-electron chi connectivity index (χ3n) is 5.32. The smallest absolute Gasteiger partial charge is 0.270 e. The molecule has 0 aliphatic heterocycles. The molecule has 4 heteroatoms. The van der Waals surface area contributed by atoms with Crippen LogP contribution in [0.4, 0.5) is 0 Å². The van der Waals surface area contributed by atoms with Crippen LogP contribution in [0.1, 0.15) is 54.8 Å². The summed E-state index contributed by atoms with van der Waals surface area (Å²) < 4.78 is 5.46. The molecule has 1 aromatic heterocycles. The highest BCUT2D eigenvalue weighted by atomic mass is 16.5. The lowest BCUT2D eigenvalue weighted by Crippen LogP contribution is -2.48. The number of carbonyl (C=O) groups is 1. The second-order valence-electron chi connectivity index (χ2n) is 6.64. The lowest BCUT2D eigenvalue weighted by atomic mass is 9.49. The van der Waals surface area contributed by atoms with Gasteiger partial charge < -0.3 is 10.3 Å². The fourth-order valence-corrected chi connectivity index (χ4v) is 5.05. The zero-order valence-corrected chi connectivity index (χ0v) is 10.4. The lowest BCUT2D eigenvalue weighted by molar-refractivity contribution is -0.0175. The molecule has 1 heterocycles. The van der Waals surface area contributed by atoms with Gasteiger partial charge >= 0.3 is 0 Å². The summed E-state index contributed by atoms with van der Waals surface area (Å²) in [5.74, 6) is 3.00. The first-order chi connectivity index (χ1) is 8.64. The molecule has 4 aliphatic carbocycles.